The maximum Gasteiger partial charge on any atom is 0.407 e. The molecular weight excluding hydrogens is 331 g/mol. The van der Waals surface area contributed by atoms with Crippen LogP contribution in [0.4, 0.5) is 13.2 Å². The summed E-state index contributed by atoms with van der Waals surface area (Å²) in [7, 11) is 0. The fourth-order valence-corrected chi connectivity index (χ4v) is 3.82. The minimum Gasteiger partial charge on any atom is -0.342 e. The molecule has 7 heteroatoms. The number of carbonyl (C=O) groups excluding carboxylic acids is 1. The Morgan fingerprint density at radius 1 is 1.20 bits per heavy atom. The summed E-state index contributed by atoms with van der Waals surface area (Å²) >= 11 is 0. The van der Waals surface area contributed by atoms with Crippen LogP contribution in [0.5, 0.6) is 0 Å². The number of likely N-dealkylation sites (tertiary alicyclic amines) is 1. The molecule has 1 spiro atoms. The zero-order valence-electron chi connectivity index (χ0n) is 14.1. The van der Waals surface area contributed by atoms with E-state index in [1.807, 2.05) is 0 Å². The molecule has 0 bridgehead atoms. The summed E-state index contributed by atoms with van der Waals surface area (Å²) in [5.41, 5.74) is 0.403. The molecule has 2 heterocycles. The molecule has 2 aliphatic rings. The fraction of sp³-hybridized carbons (Fsp3) is 0.611. The number of carbonyl (C=O) groups is 1. The molecule has 2 N–H and O–H groups in total. The van der Waals surface area contributed by atoms with Gasteiger partial charge in [-0.2, -0.15) is 13.2 Å². The van der Waals surface area contributed by atoms with Crippen molar-refractivity contribution in [2.24, 2.45) is 5.41 Å². The van der Waals surface area contributed by atoms with Crippen LogP contribution in [0.25, 0.3) is 0 Å². The molecule has 1 aromatic carbocycles. The van der Waals surface area contributed by atoms with Crippen molar-refractivity contribution in [1.29, 1.82) is 0 Å². The molecule has 1 aromatic rings. The van der Waals surface area contributed by atoms with Gasteiger partial charge >= 0.3 is 6.18 Å². The number of amides is 1. The average Bonchev–Trinajstić information content (AvgIpc) is 3.03. The van der Waals surface area contributed by atoms with Gasteiger partial charge in [0.05, 0.1) is 6.54 Å². The van der Waals surface area contributed by atoms with Gasteiger partial charge in [0, 0.05) is 19.6 Å². The van der Waals surface area contributed by atoms with Gasteiger partial charge in [-0.1, -0.05) is 30.3 Å². The molecule has 2 fully saturated rings. The van der Waals surface area contributed by atoms with Gasteiger partial charge in [-0.15, -0.1) is 0 Å². The molecule has 138 valence electrons. The van der Waals surface area contributed by atoms with Gasteiger partial charge in [-0.25, -0.2) is 0 Å². The van der Waals surface area contributed by atoms with Crippen molar-refractivity contribution in [3.8, 4) is 0 Å². The van der Waals surface area contributed by atoms with Crippen LogP contribution in [0.3, 0.4) is 0 Å². The SMILES string of the molecule is O=C(CNC(c1ccccc1)C(F)(F)F)N1CCC2(CCNC2)CC1. The number of nitrogens with one attached hydrogen (secondary N) is 2. The van der Waals surface area contributed by atoms with Crippen LogP contribution in [-0.2, 0) is 4.79 Å². The van der Waals surface area contributed by atoms with Crippen LogP contribution < -0.4 is 10.6 Å². The third kappa shape index (κ3) is 4.33. The van der Waals surface area contributed by atoms with Gasteiger partial charge in [-0.05, 0) is 36.8 Å². The van der Waals surface area contributed by atoms with Crippen LogP contribution in [0.1, 0.15) is 30.9 Å². The summed E-state index contributed by atoms with van der Waals surface area (Å²) < 4.78 is 39.9. The summed E-state index contributed by atoms with van der Waals surface area (Å²) in [6.07, 6.45) is -1.47. The van der Waals surface area contributed by atoms with E-state index in [4.69, 9.17) is 0 Å². The highest BCUT2D eigenvalue weighted by atomic mass is 19.4. The Hall–Kier alpha value is -1.60. The van der Waals surface area contributed by atoms with E-state index in [0.29, 0.717) is 13.1 Å². The number of hydrogen-bond acceptors (Lipinski definition) is 3. The van der Waals surface area contributed by atoms with Gasteiger partial charge in [0.25, 0.3) is 0 Å². The van der Waals surface area contributed by atoms with Gasteiger partial charge < -0.3 is 10.2 Å². The Balaban J connectivity index is 1.55. The molecule has 3 rings (SSSR count). The first-order valence-electron chi connectivity index (χ1n) is 8.73. The number of halogens is 3. The predicted molar refractivity (Wildman–Crippen MR) is 89.0 cm³/mol. The minimum atomic E-state index is -4.44. The van der Waals surface area contributed by atoms with E-state index >= 15 is 0 Å². The molecule has 1 atom stereocenters. The van der Waals surface area contributed by atoms with E-state index in [0.717, 1.165) is 32.4 Å². The molecule has 0 aliphatic carbocycles. The molecule has 2 aliphatic heterocycles. The summed E-state index contributed by atoms with van der Waals surface area (Å²) in [5.74, 6) is -0.258. The predicted octanol–water partition coefficient (Wildman–Crippen LogP) is 2.48. The van der Waals surface area contributed by atoms with E-state index in [9.17, 15) is 18.0 Å². The lowest BCUT2D eigenvalue weighted by atomic mass is 9.78. The summed E-state index contributed by atoms with van der Waals surface area (Å²) in [5, 5.41) is 5.77. The Morgan fingerprint density at radius 2 is 1.88 bits per heavy atom. The average molecular weight is 355 g/mol. The zero-order valence-corrected chi connectivity index (χ0v) is 14.1. The molecule has 1 amide bonds. The first-order valence-corrected chi connectivity index (χ1v) is 8.73. The Bertz CT molecular complexity index is 575. The van der Waals surface area contributed by atoms with Crippen LogP contribution in [0.2, 0.25) is 0 Å². The first-order chi connectivity index (χ1) is 11.9. The summed E-state index contributed by atoms with van der Waals surface area (Å²) in [6.45, 7) is 2.95. The normalized spacial score (nSPS) is 21.5. The topological polar surface area (TPSA) is 44.4 Å². The van der Waals surface area contributed by atoms with Gasteiger partial charge in [0.1, 0.15) is 6.04 Å². The molecule has 1 unspecified atom stereocenters. The first kappa shape index (κ1) is 18.2. The van der Waals surface area contributed by atoms with Crippen LogP contribution in [-0.4, -0.2) is 49.7 Å². The van der Waals surface area contributed by atoms with E-state index in [1.54, 1.807) is 23.1 Å². The molecule has 0 saturated carbocycles. The van der Waals surface area contributed by atoms with E-state index in [2.05, 4.69) is 10.6 Å². The summed E-state index contributed by atoms with van der Waals surface area (Å²) in [4.78, 5) is 14.0. The van der Waals surface area contributed by atoms with Crippen molar-refractivity contribution >= 4 is 5.91 Å². The molecule has 0 radical (unpaired) electrons. The number of hydrogen-bond donors (Lipinski definition) is 2. The number of rotatable bonds is 4. The molecular formula is C18H24F3N3O. The van der Waals surface area contributed by atoms with Crippen LogP contribution in [0.15, 0.2) is 30.3 Å². The Kier molecular flexibility index (Phi) is 5.34. The maximum absolute atomic E-state index is 13.3. The highest BCUT2D eigenvalue weighted by Crippen LogP contribution is 2.37. The molecule has 25 heavy (non-hydrogen) atoms. The second-order valence-corrected chi connectivity index (χ2v) is 7.07. The van der Waals surface area contributed by atoms with E-state index in [1.165, 1.54) is 12.1 Å². The number of alkyl halides is 3. The van der Waals surface area contributed by atoms with Crippen LogP contribution >= 0.6 is 0 Å². The second-order valence-electron chi connectivity index (χ2n) is 7.07. The number of piperidine rings is 1. The molecule has 0 aromatic heterocycles. The third-order valence-electron chi connectivity index (χ3n) is 5.43. The highest BCUT2D eigenvalue weighted by molar-refractivity contribution is 5.78. The van der Waals surface area contributed by atoms with E-state index in [-0.39, 0.29) is 23.4 Å². The monoisotopic (exact) mass is 355 g/mol. The third-order valence-corrected chi connectivity index (χ3v) is 5.43. The van der Waals surface area contributed by atoms with Crippen molar-refractivity contribution in [3.63, 3.8) is 0 Å². The summed E-state index contributed by atoms with van der Waals surface area (Å²) in [6, 6.07) is 5.83. The second kappa shape index (κ2) is 7.33. The minimum absolute atomic E-state index is 0.123. The van der Waals surface area contributed by atoms with Crippen molar-refractivity contribution in [2.75, 3.05) is 32.7 Å². The lowest BCUT2D eigenvalue weighted by Gasteiger charge is -2.39. The zero-order chi connectivity index (χ0) is 17.9. The van der Waals surface area contributed by atoms with Crippen molar-refractivity contribution in [3.05, 3.63) is 35.9 Å². The lowest BCUT2D eigenvalue weighted by Crippen LogP contribution is -2.48. The quantitative estimate of drug-likeness (QED) is 0.872. The van der Waals surface area contributed by atoms with Crippen molar-refractivity contribution in [1.82, 2.24) is 15.5 Å². The van der Waals surface area contributed by atoms with Gasteiger partial charge in [-0.3, -0.25) is 10.1 Å². The Morgan fingerprint density at radius 3 is 2.44 bits per heavy atom. The smallest absolute Gasteiger partial charge is 0.342 e. The largest absolute Gasteiger partial charge is 0.407 e. The highest BCUT2D eigenvalue weighted by Gasteiger charge is 2.41. The maximum atomic E-state index is 13.3. The standard InChI is InChI=1S/C18H24F3N3O/c19-18(20,21)16(14-4-2-1-3-5-14)23-12-15(25)24-10-7-17(8-11-24)6-9-22-13-17/h1-5,16,22-23H,6-13H2. The number of benzene rings is 1. The van der Waals surface area contributed by atoms with Crippen molar-refractivity contribution < 1.29 is 18.0 Å². The fourth-order valence-electron chi connectivity index (χ4n) is 3.82. The lowest BCUT2D eigenvalue weighted by molar-refractivity contribution is -0.159. The van der Waals surface area contributed by atoms with Crippen LogP contribution in [0, 0.1) is 5.41 Å². The van der Waals surface area contributed by atoms with Gasteiger partial charge in [0.2, 0.25) is 5.91 Å². The Labute approximate surface area is 145 Å². The van der Waals surface area contributed by atoms with Crippen molar-refractivity contribution in [2.45, 2.75) is 31.5 Å². The van der Waals surface area contributed by atoms with E-state index < -0.39 is 12.2 Å². The molecule has 2 saturated heterocycles. The molecule has 4 nitrogen and oxygen atoms in total. The van der Waals surface area contributed by atoms with Gasteiger partial charge in [0.15, 0.2) is 0 Å². The number of nitrogens with zero attached hydrogens (tertiary/aromatic N) is 1.